The van der Waals surface area contributed by atoms with E-state index < -0.39 is 0 Å². The van der Waals surface area contributed by atoms with Crippen molar-refractivity contribution in [3.63, 3.8) is 0 Å². The Balaban J connectivity index is 1.71. The molecule has 0 aliphatic heterocycles. The Morgan fingerprint density at radius 1 is 0.840 bits per heavy atom. The molecule has 1 heterocycles. The van der Waals surface area contributed by atoms with E-state index in [4.69, 9.17) is 5.26 Å². The maximum absolute atomic E-state index is 8.84. The van der Waals surface area contributed by atoms with E-state index in [9.17, 15) is 0 Å². The largest absolute Gasteiger partial charge is 0.340 e. The summed E-state index contributed by atoms with van der Waals surface area (Å²) in [4.78, 5) is 8.48. The van der Waals surface area contributed by atoms with Gasteiger partial charge in [-0.2, -0.15) is 5.26 Å². The van der Waals surface area contributed by atoms with Crippen LogP contribution in [0.25, 0.3) is 0 Å². The van der Waals surface area contributed by atoms with Crippen LogP contribution in [0.1, 0.15) is 30.9 Å². The van der Waals surface area contributed by atoms with Crippen molar-refractivity contribution in [1.29, 1.82) is 5.26 Å². The predicted molar refractivity (Wildman–Crippen MR) is 100 cm³/mol. The van der Waals surface area contributed by atoms with Crippen LogP contribution in [-0.2, 0) is 0 Å². The molecule has 124 valence electrons. The zero-order valence-corrected chi connectivity index (χ0v) is 14.2. The van der Waals surface area contributed by atoms with Crippen LogP contribution in [0.5, 0.6) is 0 Å². The molecular formula is C20H19N5. The lowest BCUT2D eigenvalue weighted by Crippen LogP contribution is -1.98. The van der Waals surface area contributed by atoms with E-state index in [-0.39, 0.29) is 0 Å². The average molecular weight is 329 g/mol. The number of benzene rings is 2. The standard InChI is InChI=1S/C20H19N5/c1-14(2)16-5-9-18(10-6-16)25-20-11-19(22-13-23-20)24-17-7-3-15(12-21)4-8-17/h3-11,13-14H,1-2H3,(H2,22,23,24,25). The third-order valence-corrected chi connectivity index (χ3v) is 3.80. The second-order valence-electron chi connectivity index (χ2n) is 6.00. The van der Waals surface area contributed by atoms with Gasteiger partial charge in [-0.25, -0.2) is 9.97 Å². The fourth-order valence-electron chi connectivity index (χ4n) is 2.37. The number of hydrogen-bond acceptors (Lipinski definition) is 5. The molecule has 0 bridgehead atoms. The van der Waals surface area contributed by atoms with Crippen LogP contribution in [0.3, 0.4) is 0 Å². The molecule has 0 unspecified atom stereocenters. The van der Waals surface area contributed by atoms with Gasteiger partial charge in [-0.05, 0) is 47.9 Å². The van der Waals surface area contributed by atoms with Crippen LogP contribution in [0.2, 0.25) is 0 Å². The number of hydrogen-bond donors (Lipinski definition) is 2. The van der Waals surface area contributed by atoms with Crippen molar-refractivity contribution in [1.82, 2.24) is 9.97 Å². The number of anilines is 4. The fraction of sp³-hybridized carbons (Fsp3) is 0.150. The average Bonchev–Trinajstić information content (AvgIpc) is 2.63. The van der Waals surface area contributed by atoms with E-state index in [1.165, 1.54) is 11.9 Å². The first-order chi connectivity index (χ1) is 12.1. The highest BCUT2D eigenvalue weighted by atomic mass is 15.1. The Hall–Kier alpha value is -3.39. The summed E-state index contributed by atoms with van der Waals surface area (Å²) < 4.78 is 0. The second kappa shape index (κ2) is 7.45. The third kappa shape index (κ3) is 4.33. The summed E-state index contributed by atoms with van der Waals surface area (Å²) in [7, 11) is 0. The molecule has 0 saturated heterocycles. The molecule has 0 aliphatic carbocycles. The molecule has 25 heavy (non-hydrogen) atoms. The molecule has 0 saturated carbocycles. The van der Waals surface area contributed by atoms with Crippen LogP contribution >= 0.6 is 0 Å². The molecule has 2 N–H and O–H groups in total. The van der Waals surface area contributed by atoms with E-state index >= 15 is 0 Å². The van der Waals surface area contributed by atoms with Crippen molar-refractivity contribution in [2.45, 2.75) is 19.8 Å². The van der Waals surface area contributed by atoms with E-state index in [1.54, 1.807) is 12.1 Å². The Labute approximate surface area is 147 Å². The number of rotatable bonds is 5. The van der Waals surface area contributed by atoms with Gasteiger partial charge in [-0.15, -0.1) is 0 Å². The van der Waals surface area contributed by atoms with Crippen molar-refractivity contribution < 1.29 is 0 Å². The maximum atomic E-state index is 8.84. The lowest BCUT2D eigenvalue weighted by atomic mass is 10.0. The molecule has 0 amide bonds. The maximum Gasteiger partial charge on any atom is 0.135 e. The first-order valence-electron chi connectivity index (χ1n) is 8.10. The normalized spacial score (nSPS) is 10.3. The van der Waals surface area contributed by atoms with Gasteiger partial charge in [-0.1, -0.05) is 26.0 Å². The van der Waals surface area contributed by atoms with Gasteiger partial charge in [0.2, 0.25) is 0 Å². The third-order valence-electron chi connectivity index (χ3n) is 3.80. The Morgan fingerprint density at radius 3 is 1.84 bits per heavy atom. The van der Waals surface area contributed by atoms with Crippen LogP contribution in [0, 0.1) is 11.3 Å². The van der Waals surface area contributed by atoms with Crippen molar-refractivity contribution in [3.05, 3.63) is 72.1 Å². The van der Waals surface area contributed by atoms with Crippen molar-refractivity contribution in [3.8, 4) is 6.07 Å². The van der Waals surface area contributed by atoms with Crippen LogP contribution < -0.4 is 10.6 Å². The van der Waals surface area contributed by atoms with Gasteiger partial charge in [0.05, 0.1) is 11.6 Å². The van der Waals surface area contributed by atoms with Gasteiger partial charge in [0.1, 0.15) is 18.0 Å². The molecule has 5 heteroatoms. The van der Waals surface area contributed by atoms with Crippen LogP contribution in [0.15, 0.2) is 60.9 Å². The van der Waals surface area contributed by atoms with E-state index in [0.29, 0.717) is 23.1 Å². The van der Waals surface area contributed by atoms with Gasteiger partial charge in [0, 0.05) is 17.4 Å². The molecule has 0 radical (unpaired) electrons. The summed E-state index contributed by atoms with van der Waals surface area (Å²) in [6.45, 7) is 4.35. The summed E-state index contributed by atoms with van der Waals surface area (Å²) in [5, 5.41) is 15.3. The molecule has 2 aromatic carbocycles. The molecular weight excluding hydrogens is 310 g/mol. The highest BCUT2D eigenvalue weighted by molar-refractivity contribution is 5.63. The van der Waals surface area contributed by atoms with E-state index in [2.05, 4.69) is 52.7 Å². The van der Waals surface area contributed by atoms with Crippen LogP contribution in [0.4, 0.5) is 23.0 Å². The molecule has 0 spiro atoms. The number of nitrogens with one attached hydrogen (secondary N) is 2. The van der Waals surface area contributed by atoms with Crippen molar-refractivity contribution in [2.24, 2.45) is 0 Å². The fourth-order valence-corrected chi connectivity index (χ4v) is 2.37. The van der Waals surface area contributed by atoms with E-state index in [0.717, 1.165) is 11.4 Å². The minimum absolute atomic E-state index is 0.510. The van der Waals surface area contributed by atoms with Gasteiger partial charge < -0.3 is 10.6 Å². The summed E-state index contributed by atoms with van der Waals surface area (Å²) >= 11 is 0. The summed E-state index contributed by atoms with van der Waals surface area (Å²) in [6, 6.07) is 19.5. The van der Waals surface area contributed by atoms with Crippen LogP contribution in [-0.4, -0.2) is 9.97 Å². The molecule has 3 rings (SSSR count). The topological polar surface area (TPSA) is 73.6 Å². The Bertz CT molecular complexity index is 877. The molecule has 0 aliphatic rings. The lowest BCUT2D eigenvalue weighted by Gasteiger charge is -2.10. The molecule has 5 nitrogen and oxygen atoms in total. The summed E-state index contributed by atoms with van der Waals surface area (Å²) in [5.41, 5.74) is 3.77. The summed E-state index contributed by atoms with van der Waals surface area (Å²) in [6.07, 6.45) is 1.51. The van der Waals surface area contributed by atoms with Crippen molar-refractivity contribution in [2.75, 3.05) is 10.6 Å². The Kier molecular flexibility index (Phi) is 4.91. The zero-order chi connectivity index (χ0) is 17.6. The number of aromatic nitrogens is 2. The summed E-state index contributed by atoms with van der Waals surface area (Å²) in [5.74, 6) is 1.90. The lowest BCUT2D eigenvalue weighted by molar-refractivity contribution is 0.867. The number of nitriles is 1. The van der Waals surface area contributed by atoms with Gasteiger partial charge >= 0.3 is 0 Å². The van der Waals surface area contributed by atoms with Gasteiger partial charge in [0.25, 0.3) is 0 Å². The van der Waals surface area contributed by atoms with Gasteiger partial charge in [0.15, 0.2) is 0 Å². The smallest absolute Gasteiger partial charge is 0.135 e. The minimum Gasteiger partial charge on any atom is -0.340 e. The quantitative estimate of drug-likeness (QED) is 0.692. The molecule has 0 atom stereocenters. The Morgan fingerprint density at radius 2 is 1.36 bits per heavy atom. The highest BCUT2D eigenvalue weighted by Gasteiger charge is 2.02. The molecule has 0 fully saturated rings. The van der Waals surface area contributed by atoms with Gasteiger partial charge in [-0.3, -0.25) is 0 Å². The predicted octanol–water partition coefficient (Wildman–Crippen LogP) is 4.96. The van der Waals surface area contributed by atoms with E-state index in [1.807, 2.05) is 30.3 Å². The first-order valence-corrected chi connectivity index (χ1v) is 8.10. The number of nitrogens with zero attached hydrogens (tertiary/aromatic N) is 3. The van der Waals surface area contributed by atoms with Crippen molar-refractivity contribution >= 4 is 23.0 Å². The second-order valence-corrected chi connectivity index (χ2v) is 6.00. The first kappa shape index (κ1) is 16.5. The molecule has 3 aromatic rings. The molecule has 1 aromatic heterocycles. The zero-order valence-electron chi connectivity index (χ0n) is 14.2. The monoisotopic (exact) mass is 329 g/mol. The minimum atomic E-state index is 0.510. The highest BCUT2D eigenvalue weighted by Crippen LogP contribution is 2.21. The SMILES string of the molecule is CC(C)c1ccc(Nc2cc(Nc3ccc(C#N)cc3)ncn2)cc1.